The standard InChI is InChI=1S/C32H34N2O8/c1-33-12-14-34(15-13-33)27(38)16-21(20-10-11-25(39-2)31(41-4)30(20)40-3)28-22(35)17-23(36)29-24(37)18-26(42-32(28)29)19-8-6-5-7-9-19/h5-11,17-18,21,35-36H,12-16H2,1-4H3. The number of ether oxygens (including phenoxy) is 3. The van der Waals surface area contributed by atoms with Crippen LogP contribution in [-0.2, 0) is 4.79 Å². The molecule has 10 nitrogen and oxygen atoms in total. The van der Waals surface area contributed by atoms with Gasteiger partial charge in [-0.25, -0.2) is 0 Å². The van der Waals surface area contributed by atoms with E-state index < -0.39 is 17.1 Å². The minimum Gasteiger partial charge on any atom is -0.507 e. The number of phenolic OH excluding ortho intramolecular Hbond substituents is 2. The first-order chi connectivity index (χ1) is 20.3. The second kappa shape index (κ2) is 12.0. The van der Waals surface area contributed by atoms with Crippen molar-refractivity contribution in [3.05, 3.63) is 75.9 Å². The van der Waals surface area contributed by atoms with Gasteiger partial charge in [0.2, 0.25) is 11.7 Å². The van der Waals surface area contributed by atoms with Crippen molar-refractivity contribution in [1.29, 1.82) is 0 Å². The summed E-state index contributed by atoms with van der Waals surface area (Å²) in [7, 11) is 6.46. The Morgan fingerprint density at radius 1 is 0.905 bits per heavy atom. The zero-order valence-electron chi connectivity index (χ0n) is 24.0. The van der Waals surface area contributed by atoms with Gasteiger partial charge in [-0.2, -0.15) is 0 Å². The first-order valence-electron chi connectivity index (χ1n) is 13.6. The third-order valence-electron chi connectivity index (χ3n) is 7.75. The van der Waals surface area contributed by atoms with Crippen LogP contribution in [0.2, 0.25) is 0 Å². The number of benzene rings is 3. The van der Waals surface area contributed by atoms with Crippen LogP contribution in [0.4, 0.5) is 0 Å². The van der Waals surface area contributed by atoms with E-state index in [9.17, 15) is 19.8 Å². The summed E-state index contributed by atoms with van der Waals surface area (Å²) >= 11 is 0. The van der Waals surface area contributed by atoms with Gasteiger partial charge in [0, 0.05) is 67.3 Å². The number of hydrogen-bond acceptors (Lipinski definition) is 9. The number of hydrogen-bond donors (Lipinski definition) is 2. The van der Waals surface area contributed by atoms with Gasteiger partial charge in [-0.1, -0.05) is 36.4 Å². The smallest absolute Gasteiger partial charge is 0.223 e. The Kier molecular flexibility index (Phi) is 8.26. The molecule has 4 aromatic rings. The zero-order chi connectivity index (χ0) is 30.0. The Hall–Kier alpha value is -4.70. The Labute approximate surface area is 243 Å². The molecule has 2 heterocycles. The Bertz CT molecular complexity index is 1660. The van der Waals surface area contributed by atoms with Gasteiger partial charge < -0.3 is 38.6 Å². The van der Waals surface area contributed by atoms with E-state index in [1.165, 1.54) is 27.4 Å². The van der Waals surface area contributed by atoms with Gasteiger partial charge in [0.15, 0.2) is 16.9 Å². The number of likely N-dealkylation sites (N-methyl/N-ethyl adjacent to an activating group) is 1. The number of fused-ring (bicyclic) bond motifs is 1. The van der Waals surface area contributed by atoms with Crippen molar-refractivity contribution in [2.45, 2.75) is 12.3 Å². The first-order valence-corrected chi connectivity index (χ1v) is 13.6. The molecule has 1 aliphatic heterocycles. The number of phenols is 2. The minimum absolute atomic E-state index is 0.0214. The molecule has 0 spiro atoms. The average molecular weight is 575 g/mol. The third-order valence-corrected chi connectivity index (χ3v) is 7.75. The number of aromatic hydroxyl groups is 2. The summed E-state index contributed by atoms with van der Waals surface area (Å²) in [6, 6.07) is 14.9. The summed E-state index contributed by atoms with van der Waals surface area (Å²) in [4.78, 5) is 31.1. The minimum atomic E-state index is -0.857. The number of rotatable bonds is 8. The Morgan fingerprint density at radius 2 is 1.60 bits per heavy atom. The largest absolute Gasteiger partial charge is 0.507 e. The summed E-state index contributed by atoms with van der Waals surface area (Å²) in [5.74, 6) is -0.484. The summed E-state index contributed by atoms with van der Waals surface area (Å²) in [5.41, 5.74) is 0.807. The molecule has 0 saturated carbocycles. The Morgan fingerprint density at radius 3 is 2.24 bits per heavy atom. The molecule has 1 aromatic heterocycles. The van der Waals surface area contributed by atoms with Crippen molar-refractivity contribution in [3.63, 3.8) is 0 Å². The van der Waals surface area contributed by atoms with Gasteiger partial charge in [0.25, 0.3) is 0 Å². The molecule has 220 valence electrons. The molecule has 0 radical (unpaired) electrons. The number of piperazine rings is 1. The van der Waals surface area contributed by atoms with E-state index >= 15 is 0 Å². The van der Waals surface area contributed by atoms with E-state index in [2.05, 4.69) is 4.90 Å². The van der Waals surface area contributed by atoms with E-state index in [0.717, 1.165) is 19.2 Å². The number of amides is 1. The second-order valence-electron chi connectivity index (χ2n) is 10.2. The van der Waals surface area contributed by atoms with Crippen LogP contribution < -0.4 is 19.6 Å². The normalized spacial score (nSPS) is 14.5. The SMILES string of the molecule is COc1ccc(C(CC(=O)N2CCN(C)CC2)c2c(O)cc(O)c3c(=O)cc(-c4ccccc4)oc23)c(OC)c1OC. The topological polar surface area (TPSA) is 122 Å². The van der Waals surface area contributed by atoms with Crippen molar-refractivity contribution in [2.24, 2.45) is 0 Å². The van der Waals surface area contributed by atoms with E-state index in [1.807, 2.05) is 25.2 Å². The first kappa shape index (κ1) is 28.8. The fraction of sp³-hybridized carbons (Fsp3) is 0.312. The molecular weight excluding hydrogens is 540 g/mol. The number of nitrogens with zero attached hydrogens (tertiary/aromatic N) is 2. The maximum absolute atomic E-state index is 13.8. The monoisotopic (exact) mass is 574 g/mol. The molecule has 1 unspecified atom stereocenters. The van der Waals surface area contributed by atoms with Crippen LogP contribution in [0.15, 0.2) is 63.8 Å². The fourth-order valence-corrected chi connectivity index (χ4v) is 5.53. The maximum atomic E-state index is 13.8. The van der Waals surface area contributed by atoms with Gasteiger partial charge >= 0.3 is 0 Å². The van der Waals surface area contributed by atoms with Crippen molar-refractivity contribution in [1.82, 2.24) is 9.80 Å². The summed E-state index contributed by atoms with van der Waals surface area (Å²) in [6.45, 7) is 2.58. The van der Waals surface area contributed by atoms with Crippen LogP contribution in [0, 0.1) is 0 Å². The van der Waals surface area contributed by atoms with Gasteiger partial charge in [0.05, 0.1) is 21.3 Å². The predicted molar refractivity (Wildman–Crippen MR) is 158 cm³/mol. The summed E-state index contributed by atoms with van der Waals surface area (Å²) < 4.78 is 23.2. The van der Waals surface area contributed by atoms with Crippen LogP contribution in [0.1, 0.15) is 23.5 Å². The second-order valence-corrected chi connectivity index (χ2v) is 10.2. The van der Waals surface area contributed by atoms with Crippen molar-refractivity contribution in [2.75, 3.05) is 54.6 Å². The predicted octanol–water partition coefficient (Wildman–Crippen LogP) is 4.19. The molecule has 42 heavy (non-hydrogen) atoms. The average Bonchev–Trinajstić information content (AvgIpc) is 2.99. The van der Waals surface area contributed by atoms with E-state index in [1.54, 1.807) is 29.2 Å². The highest BCUT2D eigenvalue weighted by molar-refractivity contribution is 5.91. The quantitative estimate of drug-likeness (QED) is 0.319. The van der Waals surface area contributed by atoms with Crippen LogP contribution in [0.3, 0.4) is 0 Å². The zero-order valence-corrected chi connectivity index (χ0v) is 24.0. The van der Waals surface area contributed by atoms with E-state index in [0.29, 0.717) is 41.5 Å². The molecule has 3 aromatic carbocycles. The third kappa shape index (κ3) is 5.33. The van der Waals surface area contributed by atoms with E-state index in [-0.39, 0.29) is 40.4 Å². The van der Waals surface area contributed by atoms with Crippen molar-refractivity contribution >= 4 is 16.9 Å². The molecule has 0 bridgehead atoms. The van der Waals surface area contributed by atoms with Crippen LogP contribution in [-0.4, -0.2) is 80.5 Å². The fourth-order valence-electron chi connectivity index (χ4n) is 5.53. The van der Waals surface area contributed by atoms with Gasteiger partial charge in [-0.3, -0.25) is 9.59 Å². The van der Waals surface area contributed by atoms with Crippen molar-refractivity contribution < 1.29 is 33.6 Å². The lowest BCUT2D eigenvalue weighted by atomic mass is 9.85. The number of carbonyl (C=O) groups excluding carboxylic acids is 1. The van der Waals surface area contributed by atoms with Gasteiger partial charge in [-0.15, -0.1) is 0 Å². The van der Waals surface area contributed by atoms with Crippen LogP contribution in [0.25, 0.3) is 22.3 Å². The van der Waals surface area contributed by atoms with Gasteiger partial charge in [-0.05, 0) is 13.1 Å². The summed E-state index contributed by atoms with van der Waals surface area (Å²) in [6.07, 6.45) is -0.0811. The summed E-state index contributed by atoms with van der Waals surface area (Å²) in [5, 5.41) is 22.0. The molecule has 1 amide bonds. The number of carbonyl (C=O) groups is 1. The lowest BCUT2D eigenvalue weighted by molar-refractivity contribution is -0.133. The Balaban J connectivity index is 1.77. The molecule has 1 fully saturated rings. The molecular formula is C32H34N2O8. The van der Waals surface area contributed by atoms with Crippen LogP contribution in [0.5, 0.6) is 28.7 Å². The molecule has 10 heteroatoms. The van der Waals surface area contributed by atoms with Gasteiger partial charge in [0.1, 0.15) is 28.2 Å². The highest BCUT2D eigenvalue weighted by atomic mass is 16.5. The van der Waals surface area contributed by atoms with Crippen LogP contribution >= 0.6 is 0 Å². The molecule has 5 rings (SSSR count). The lowest BCUT2D eigenvalue weighted by Crippen LogP contribution is -2.47. The molecule has 2 N–H and O–H groups in total. The van der Waals surface area contributed by atoms with Crippen molar-refractivity contribution in [3.8, 4) is 40.1 Å². The number of methoxy groups -OCH3 is 3. The molecule has 1 aliphatic rings. The lowest BCUT2D eigenvalue weighted by Gasteiger charge is -2.33. The molecule has 1 saturated heterocycles. The molecule has 1 atom stereocenters. The molecule has 0 aliphatic carbocycles. The highest BCUT2D eigenvalue weighted by Crippen LogP contribution is 2.49. The maximum Gasteiger partial charge on any atom is 0.223 e. The highest BCUT2D eigenvalue weighted by Gasteiger charge is 2.33. The van der Waals surface area contributed by atoms with E-state index in [4.69, 9.17) is 18.6 Å².